The van der Waals surface area contributed by atoms with E-state index < -0.39 is 0 Å². The Bertz CT molecular complexity index is 7450. The molecule has 114 heavy (non-hydrogen) atoms. The summed E-state index contributed by atoms with van der Waals surface area (Å²) in [6, 6.07) is 140. The number of rotatable bonds is 12. The Morgan fingerprint density at radius 2 is 0.430 bits per heavy atom. The second-order valence-electron chi connectivity index (χ2n) is 28.7. The highest BCUT2D eigenvalue weighted by molar-refractivity contribution is 6.20. The second kappa shape index (κ2) is 28.6. The summed E-state index contributed by atoms with van der Waals surface area (Å²) in [4.78, 5) is 31.3. The minimum absolute atomic E-state index is 0.617. The first-order chi connectivity index (χ1) is 56.5. The molecule has 0 spiro atoms. The van der Waals surface area contributed by atoms with Crippen molar-refractivity contribution in [3.63, 3.8) is 0 Å². The minimum atomic E-state index is 0.617. The van der Waals surface area contributed by atoms with Crippen LogP contribution in [0.5, 0.6) is 0 Å². The molecule has 8 nitrogen and oxygen atoms in total. The Hall–Kier alpha value is -15.4. The number of furan rings is 2. The van der Waals surface area contributed by atoms with Crippen LogP contribution in [0, 0.1) is 0 Å². The van der Waals surface area contributed by atoms with Crippen molar-refractivity contribution in [1.29, 1.82) is 0 Å². The first-order valence-corrected chi connectivity index (χ1v) is 38.4. The van der Waals surface area contributed by atoms with Gasteiger partial charge in [-0.2, -0.15) is 0 Å². The fraction of sp³-hybridized carbons (Fsp3) is 0. The van der Waals surface area contributed by atoms with Gasteiger partial charge in [0.15, 0.2) is 34.9 Å². The molecule has 0 aliphatic carbocycles. The summed E-state index contributed by atoms with van der Waals surface area (Å²) in [5.74, 6) is 3.72. The molecular formula is C106H66N6O2. The third-order valence-electron chi connectivity index (χ3n) is 21.9. The van der Waals surface area contributed by atoms with Crippen molar-refractivity contribution >= 4 is 87.0 Å². The molecular weight excluding hydrogens is 1390 g/mol. The molecule has 0 saturated heterocycles. The van der Waals surface area contributed by atoms with Gasteiger partial charge in [0, 0.05) is 54.9 Å². The zero-order chi connectivity index (χ0) is 75.4. The maximum atomic E-state index is 6.49. The molecule has 0 aliphatic heterocycles. The van der Waals surface area contributed by atoms with Gasteiger partial charge in [-0.1, -0.05) is 346 Å². The standard InChI is InChI=1S/2C53H33N3O/c1-3-14-34(15-4-1)35-26-28-37(29-27-35)51-54-52(45-23-12-9-20-40(45)36-16-5-2-6-17-36)56-53(55-51)46-31-30-43(41-21-10-11-22-42(41)46)44-24-13-25-48-50(44)47-32-38-18-7-8-19-39(38)33-49(47)57-48;1-3-13-34(14-4-1)36-25-27-37(28-26-36)51-54-52(41-20-11-19-38(31-41)35-15-5-2-6-16-35)56-53(55-51)46-30-29-44(42-21-9-10-22-43(42)46)45-23-12-24-48-50(45)47-32-39-17-7-8-18-40(39)33-49(47)57-48/h2*1-33H. The van der Waals surface area contributed by atoms with Gasteiger partial charge in [-0.3, -0.25) is 0 Å². The van der Waals surface area contributed by atoms with Gasteiger partial charge in [0.05, 0.1) is 0 Å². The lowest BCUT2D eigenvalue weighted by Gasteiger charge is -2.15. The summed E-state index contributed by atoms with van der Waals surface area (Å²) in [7, 11) is 0. The van der Waals surface area contributed by atoms with Crippen LogP contribution in [0.3, 0.4) is 0 Å². The van der Waals surface area contributed by atoms with Gasteiger partial charge < -0.3 is 8.83 Å². The number of hydrogen-bond donors (Lipinski definition) is 0. The fourth-order valence-corrected chi connectivity index (χ4v) is 16.3. The Morgan fingerprint density at radius 1 is 0.140 bits per heavy atom. The molecule has 8 heteroatoms. The van der Waals surface area contributed by atoms with Crippen LogP contribution in [-0.2, 0) is 0 Å². The number of hydrogen-bond acceptors (Lipinski definition) is 8. The van der Waals surface area contributed by atoms with Crippen molar-refractivity contribution in [1.82, 2.24) is 29.9 Å². The molecule has 0 fully saturated rings. The first-order valence-electron chi connectivity index (χ1n) is 38.4. The van der Waals surface area contributed by atoms with E-state index in [1.165, 1.54) is 10.8 Å². The normalized spacial score (nSPS) is 11.5. The van der Waals surface area contributed by atoms with E-state index >= 15 is 0 Å². The first kappa shape index (κ1) is 66.8. The van der Waals surface area contributed by atoms with Crippen LogP contribution in [0.15, 0.2) is 409 Å². The Morgan fingerprint density at radius 3 is 0.886 bits per heavy atom. The van der Waals surface area contributed by atoms with Gasteiger partial charge in [-0.15, -0.1) is 0 Å². The van der Waals surface area contributed by atoms with Crippen LogP contribution < -0.4 is 0 Å². The van der Waals surface area contributed by atoms with E-state index in [0.717, 1.165) is 176 Å². The van der Waals surface area contributed by atoms with Crippen molar-refractivity contribution < 1.29 is 8.83 Å². The predicted molar refractivity (Wildman–Crippen MR) is 469 cm³/mol. The summed E-state index contributed by atoms with van der Waals surface area (Å²) in [6.07, 6.45) is 0. The zero-order valence-electron chi connectivity index (χ0n) is 61.6. The average molecular weight is 1460 g/mol. The van der Waals surface area contributed by atoms with Crippen LogP contribution in [-0.4, -0.2) is 29.9 Å². The monoisotopic (exact) mass is 1450 g/mol. The van der Waals surface area contributed by atoms with Gasteiger partial charge >= 0.3 is 0 Å². The lowest BCUT2D eigenvalue weighted by atomic mass is 9.92. The quantitative estimate of drug-likeness (QED) is 0.119. The van der Waals surface area contributed by atoms with Crippen molar-refractivity contribution in [2.45, 2.75) is 0 Å². The summed E-state index contributed by atoms with van der Waals surface area (Å²) in [5, 5.41) is 13.5. The lowest BCUT2D eigenvalue weighted by molar-refractivity contribution is 0.669. The molecule has 0 radical (unpaired) electrons. The molecule has 18 aromatic carbocycles. The second-order valence-corrected chi connectivity index (χ2v) is 28.7. The van der Waals surface area contributed by atoms with Gasteiger partial charge in [0.2, 0.25) is 0 Å². The highest BCUT2D eigenvalue weighted by Gasteiger charge is 2.24. The molecule has 0 saturated carbocycles. The van der Waals surface area contributed by atoms with Crippen molar-refractivity contribution in [3.8, 4) is 135 Å². The third kappa shape index (κ3) is 12.3. The number of fused-ring (bicyclic) bond motifs is 10. The minimum Gasteiger partial charge on any atom is -0.456 e. The number of nitrogens with zero attached hydrogens (tertiary/aromatic N) is 6. The molecule has 532 valence electrons. The fourth-order valence-electron chi connectivity index (χ4n) is 16.3. The van der Waals surface area contributed by atoms with Crippen molar-refractivity contribution in [2.24, 2.45) is 0 Å². The Labute approximate surface area is 657 Å². The predicted octanol–water partition coefficient (Wildman–Crippen LogP) is 28.2. The van der Waals surface area contributed by atoms with Crippen LogP contribution in [0.4, 0.5) is 0 Å². The van der Waals surface area contributed by atoms with Crippen LogP contribution in [0.25, 0.3) is 222 Å². The SMILES string of the molecule is c1ccc(-c2ccc(-c3nc(-c4cccc(-c5ccccc5)c4)nc(-c4ccc(-c5cccc6oc7cc8ccccc8cc7c56)c5ccccc45)n3)cc2)cc1.c1ccc(-c2ccc(-c3nc(-c4ccccc4-c4ccccc4)nc(-c4ccc(-c5cccc6oc7cc8ccccc8cc7c56)c5ccccc45)n3)cc2)cc1. The molecule has 4 heterocycles. The van der Waals surface area contributed by atoms with Crippen LogP contribution in [0.1, 0.15) is 0 Å². The highest BCUT2D eigenvalue weighted by atomic mass is 16.3. The van der Waals surface area contributed by atoms with Crippen LogP contribution in [0.2, 0.25) is 0 Å². The number of benzene rings is 18. The lowest BCUT2D eigenvalue weighted by Crippen LogP contribution is -2.01. The van der Waals surface area contributed by atoms with E-state index in [0.29, 0.717) is 34.9 Å². The summed E-state index contributed by atoms with van der Waals surface area (Å²) >= 11 is 0. The number of aromatic nitrogens is 6. The largest absolute Gasteiger partial charge is 0.456 e. The summed E-state index contributed by atoms with van der Waals surface area (Å²) in [6.45, 7) is 0. The van der Waals surface area contributed by atoms with E-state index in [2.05, 4.69) is 370 Å². The maximum Gasteiger partial charge on any atom is 0.164 e. The van der Waals surface area contributed by atoms with E-state index in [9.17, 15) is 0 Å². The van der Waals surface area contributed by atoms with Crippen molar-refractivity contribution in [2.75, 3.05) is 0 Å². The van der Waals surface area contributed by atoms with Crippen molar-refractivity contribution in [3.05, 3.63) is 400 Å². The summed E-state index contributed by atoms with van der Waals surface area (Å²) in [5.41, 5.74) is 22.6. The average Bonchev–Trinajstić information content (AvgIpc) is 1.68. The van der Waals surface area contributed by atoms with Crippen LogP contribution >= 0.6 is 0 Å². The molecule has 22 aromatic rings. The molecule has 0 aliphatic rings. The topological polar surface area (TPSA) is 104 Å². The Kier molecular flexibility index (Phi) is 16.7. The molecule has 22 rings (SSSR count). The zero-order valence-corrected chi connectivity index (χ0v) is 61.6. The molecule has 0 unspecified atom stereocenters. The van der Waals surface area contributed by atoms with Gasteiger partial charge in [-0.05, 0) is 164 Å². The van der Waals surface area contributed by atoms with E-state index in [4.69, 9.17) is 38.7 Å². The maximum absolute atomic E-state index is 6.49. The smallest absolute Gasteiger partial charge is 0.164 e. The Balaban J connectivity index is 0.000000143. The van der Waals surface area contributed by atoms with E-state index in [1.807, 2.05) is 30.3 Å². The molecule has 0 amide bonds. The summed E-state index contributed by atoms with van der Waals surface area (Å²) < 4.78 is 13.0. The molecule has 0 N–H and O–H groups in total. The van der Waals surface area contributed by atoms with Gasteiger partial charge in [0.1, 0.15) is 22.3 Å². The highest BCUT2D eigenvalue weighted by Crippen LogP contribution is 2.46. The van der Waals surface area contributed by atoms with E-state index in [1.54, 1.807) is 0 Å². The molecule has 4 aromatic heterocycles. The van der Waals surface area contributed by atoms with E-state index in [-0.39, 0.29) is 0 Å². The third-order valence-corrected chi connectivity index (χ3v) is 21.9. The van der Waals surface area contributed by atoms with Gasteiger partial charge in [0.25, 0.3) is 0 Å². The van der Waals surface area contributed by atoms with Gasteiger partial charge in [-0.25, -0.2) is 29.9 Å². The molecule has 0 bridgehead atoms. The molecule has 0 atom stereocenters.